The quantitative estimate of drug-likeness (QED) is 0.411. The van der Waals surface area contributed by atoms with Crippen LogP contribution in [0.3, 0.4) is 0 Å². The molecule has 0 spiro atoms. The molecule has 0 bridgehead atoms. The highest BCUT2D eigenvalue weighted by atomic mass is 127. The minimum atomic E-state index is 0. The standard InChI is InChI=1S/C18H32N6.HI/c1-13-8-10-16(11-9-13)21-18(20-15-6-4-5-7-15)19-12-17-23-22-14(2)24(17)3;/h13,15-16H,4-12H2,1-3H3,(H2,19,20,21);1H. The number of nitrogens with one attached hydrogen (secondary N) is 2. The van der Waals surface area contributed by atoms with Gasteiger partial charge in [0, 0.05) is 19.1 Å². The van der Waals surface area contributed by atoms with Crippen molar-refractivity contribution in [2.24, 2.45) is 18.0 Å². The Bertz CT molecular complexity index is 556. The fraction of sp³-hybridized carbons (Fsp3) is 0.833. The Hall–Kier alpha value is -0.860. The van der Waals surface area contributed by atoms with Gasteiger partial charge in [-0.15, -0.1) is 34.2 Å². The molecule has 0 saturated heterocycles. The van der Waals surface area contributed by atoms with Gasteiger partial charge in [0.25, 0.3) is 0 Å². The molecule has 2 fully saturated rings. The Labute approximate surface area is 168 Å². The molecular weight excluding hydrogens is 427 g/mol. The average molecular weight is 460 g/mol. The summed E-state index contributed by atoms with van der Waals surface area (Å²) in [6.45, 7) is 4.90. The molecule has 0 aliphatic heterocycles. The van der Waals surface area contributed by atoms with E-state index in [1.165, 1.54) is 51.4 Å². The maximum Gasteiger partial charge on any atom is 0.192 e. The summed E-state index contributed by atoms with van der Waals surface area (Å²) in [4.78, 5) is 4.82. The van der Waals surface area contributed by atoms with Gasteiger partial charge in [-0.3, -0.25) is 0 Å². The van der Waals surface area contributed by atoms with Crippen molar-refractivity contribution in [1.82, 2.24) is 25.4 Å². The van der Waals surface area contributed by atoms with E-state index < -0.39 is 0 Å². The van der Waals surface area contributed by atoms with Crippen molar-refractivity contribution in [1.29, 1.82) is 0 Å². The van der Waals surface area contributed by atoms with Crippen molar-refractivity contribution in [3.05, 3.63) is 11.6 Å². The monoisotopic (exact) mass is 460 g/mol. The summed E-state index contributed by atoms with van der Waals surface area (Å²) in [6.07, 6.45) is 10.3. The van der Waals surface area contributed by atoms with Crippen LogP contribution < -0.4 is 10.6 Å². The molecule has 0 radical (unpaired) electrons. The van der Waals surface area contributed by atoms with Crippen LogP contribution in [0.1, 0.15) is 69.9 Å². The van der Waals surface area contributed by atoms with Crippen LogP contribution in [0.5, 0.6) is 0 Å². The first-order valence-electron chi connectivity index (χ1n) is 9.54. The van der Waals surface area contributed by atoms with E-state index in [2.05, 4.69) is 27.8 Å². The largest absolute Gasteiger partial charge is 0.354 e. The normalized spacial score (nSPS) is 24.8. The minimum Gasteiger partial charge on any atom is -0.354 e. The molecule has 6 nitrogen and oxygen atoms in total. The first-order valence-corrected chi connectivity index (χ1v) is 9.54. The van der Waals surface area contributed by atoms with Crippen molar-refractivity contribution in [2.75, 3.05) is 0 Å². The van der Waals surface area contributed by atoms with Gasteiger partial charge in [0.15, 0.2) is 11.8 Å². The molecule has 7 heteroatoms. The third-order valence-electron chi connectivity index (χ3n) is 5.61. The fourth-order valence-electron chi connectivity index (χ4n) is 3.73. The van der Waals surface area contributed by atoms with Crippen molar-refractivity contribution in [3.63, 3.8) is 0 Å². The predicted molar refractivity (Wildman–Crippen MR) is 112 cm³/mol. The van der Waals surface area contributed by atoms with Crippen LogP contribution in [0.15, 0.2) is 4.99 Å². The third-order valence-corrected chi connectivity index (χ3v) is 5.61. The Morgan fingerprint density at radius 2 is 1.64 bits per heavy atom. The van der Waals surface area contributed by atoms with Gasteiger partial charge in [-0.25, -0.2) is 4.99 Å². The van der Waals surface area contributed by atoms with E-state index in [0.29, 0.717) is 18.6 Å². The first-order chi connectivity index (χ1) is 11.6. The zero-order valence-corrected chi connectivity index (χ0v) is 18.1. The number of aromatic nitrogens is 3. The number of nitrogens with zero attached hydrogens (tertiary/aromatic N) is 4. The SMILES string of the molecule is Cc1nnc(CN=C(NC2CCCC2)NC2CCC(C)CC2)n1C.I. The summed E-state index contributed by atoms with van der Waals surface area (Å²) in [5.74, 6) is 3.67. The number of guanidine groups is 1. The topological polar surface area (TPSA) is 67.1 Å². The van der Waals surface area contributed by atoms with Gasteiger partial charge < -0.3 is 15.2 Å². The van der Waals surface area contributed by atoms with E-state index in [4.69, 9.17) is 4.99 Å². The van der Waals surface area contributed by atoms with E-state index in [-0.39, 0.29) is 24.0 Å². The van der Waals surface area contributed by atoms with Crippen molar-refractivity contribution < 1.29 is 0 Å². The molecule has 25 heavy (non-hydrogen) atoms. The second-order valence-corrected chi connectivity index (χ2v) is 7.61. The number of halogens is 1. The fourth-order valence-corrected chi connectivity index (χ4v) is 3.73. The summed E-state index contributed by atoms with van der Waals surface area (Å²) in [6, 6.07) is 1.12. The zero-order chi connectivity index (χ0) is 16.9. The second-order valence-electron chi connectivity index (χ2n) is 7.61. The summed E-state index contributed by atoms with van der Waals surface area (Å²) in [7, 11) is 2.00. The molecule has 0 atom stereocenters. The smallest absolute Gasteiger partial charge is 0.192 e. The Morgan fingerprint density at radius 1 is 1.04 bits per heavy atom. The summed E-state index contributed by atoms with van der Waals surface area (Å²) >= 11 is 0. The van der Waals surface area contributed by atoms with Gasteiger partial charge in [0.05, 0.1) is 0 Å². The lowest BCUT2D eigenvalue weighted by molar-refractivity contribution is 0.328. The van der Waals surface area contributed by atoms with Crippen molar-refractivity contribution >= 4 is 29.9 Å². The predicted octanol–water partition coefficient (Wildman–Crippen LogP) is 3.30. The molecule has 2 aliphatic rings. The number of aryl methyl sites for hydroxylation is 1. The van der Waals surface area contributed by atoms with Gasteiger partial charge in [-0.2, -0.15) is 0 Å². The zero-order valence-electron chi connectivity index (χ0n) is 15.8. The Morgan fingerprint density at radius 3 is 2.20 bits per heavy atom. The molecule has 1 heterocycles. The maximum absolute atomic E-state index is 4.82. The van der Waals surface area contributed by atoms with Gasteiger partial charge in [-0.05, 0) is 51.4 Å². The van der Waals surface area contributed by atoms with Crippen LogP contribution in [-0.2, 0) is 13.6 Å². The Kier molecular flexibility index (Phi) is 7.96. The lowest BCUT2D eigenvalue weighted by Crippen LogP contribution is -2.47. The van der Waals surface area contributed by atoms with E-state index >= 15 is 0 Å². The van der Waals surface area contributed by atoms with Crippen molar-refractivity contribution in [3.8, 4) is 0 Å². The minimum absolute atomic E-state index is 0. The van der Waals surface area contributed by atoms with Crippen LogP contribution in [0, 0.1) is 12.8 Å². The number of hydrogen-bond acceptors (Lipinski definition) is 3. The van der Waals surface area contributed by atoms with Crippen LogP contribution in [0.4, 0.5) is 0 Å². The highest BCUT2D eigenvalue weighted by Gasteiger charge is 2.21. The molecule has 2 N–H and O–H groups in total. The van der Waals surface area contributed by atoms with Crippen LogP contribution in [-0.4, -0.2) is 32.8 Å². The molecule has 0 unspecified atom stereocenters. The molecule has 1 aromatic rings. The van der Waals surface area contributed by atoms with Crippen LogP contribution in [0.2, 0.25) is 0 Å². The third kappa shape index (κ3) is 5.82. The molecule has 0 amide bonds. The van der Waals surface area contributed by atoms with Gasteiger partial charge >= 0.3 is 0 Å². The number of aliphatic imine (C=N–C) groups is 1. The summed E-state index contributed by atoms with van der Waals surface area (Å²) < 4.78 is 2.01. The highest BCUT2D eigenvalue weighted by molar-refractivity contribution is 14.0. The Balaban J connectivity index is 0.00000225. The molecule has 0 aromatic carbocycles. The van der Waals surface area contributed by atoms with E-state index in [0.717, 1.165) is 23.5 Å². The summed E-state index contributed by atoms with van der Waals surface area (Å²) in [5, 5.41) is 15.7. The molecule has 2 saturated carbocycles. The van der Waals surface area contributed by atoms with E-state index in [1.807, 2.05) is 18.5 Å². The summed E-state index contributed by atoms with van der Waals surface area (Å²) in [5.41, 5.74) is 0. The first kappa shape index (κ1) is 20.5. The van der Waals surface area contributed by atoms with Gasteiger partial charge in [0.2, 0.25) is 0 Å². The molecule has 142 valence electrons. The van der Waals surface area contributed by atoms with E-state index in [1.54, 1.807) is 0 Å². The molecule has 1 aromatic heterocycles. The number of rotatable bonds is 4. The average Bonchev–Trinajstić information content (AvgIpc) is 3.19. The van der Waals surface area contributed by atoms with E-state index in [9.17, 15) is 0 Å². The van der Waals surface area contributed by atoms with Gasteiger partial charge in [-0.1, -0.05) is 19.8 Å². The lowest BCUT2D eigenvalue weighted by Gasteiger charge is -2.29. The lowest BCUT2D eigenvalue weighted by atomic mass is 9.87. The van der Waals surface area contributed by atoms with Crippen molar-refractivity contribution in [2.45, 2.75) is 83.8 Å². The van der Waals surface area contributed by atoms with Crippen LogP contribution in [0.25, 0.3) is 0 Å². The highest BCUT2D eigenvalue weighted by Crippen LogP contribution is 2.23. The van der Waals surface area contributed by atoms with Crippen LogP contribution >= 0.6 is 24.0 Å². The second kappa shape index (κ2) is 9.73. The van der Waals surface area contributed by atoms with Gasteiger partial charge in [0.1, 0.15) is 12.4 Å². The molecule has 3 rings (SSSR count). The molecular formula is C18H33IN6. The maximum atomic E-state index is 4.82. The molecule has 2 aliphatic carbocycles. The number of hydrogen-bond donors (Lipinski definition) is 2.